The molecule has 2 aromatic rings. The van der Waals surface area contributed by atoms with Crippen LogP contribution in [0.4, 0.5) is 5.69 Å². The van der Waals surface area contributed by atoms with Crippen LogP contribution in [0.2, 0.25) is 0 Å². The van der Waals surface area contributed by atoms with E-state index in [2.05, 4.69) is 40.0 Å². The summed E-state index contributed by atoms with van der Waals surface area (Å²) in [6.07, 6.45) is 0. The van der Waals surface area contributed by atoms with E-state index in [0.29, 0.717) is 12.3 Å². The normalized spacial score (nSPS) is 10.1. The molecule has 2 aromatic carbocycles. The standard InChI is InChI=1S/C14H14INO2/c1-18-14-7-10(5-6-13(14)17)9-16-12-4-2-3-11(15)8-12/h2-8,16-17H,9H2,1H3. The topological polar surface area (TPSA) is 41.5 Å². The lowest BCUT2D eigenvalue weighted by atomic mass is 10.2. The number of halogens is 1. The summed E-state index contributed by atoms with van der Waals surface area (Å²) in [6, 6.07) is 13.5. The lowest BCUT2D eigenvalue weighted by Crippen LogP contribution is -1.99. The molecule has 0 fully saturated rings. The highest BCUT2D eigenvalue weighted by atomic mass is 127. The fraction of sp³-hybridized carbons (Fsp3) is 0.143. The van der Waals surface area contributed by atoms with Gasteiger partial charge >= 0.3 is 0 Å². The minimum atomic E-state index is 0.163. The zero-order valence-electron chi connectivity index (χ0n) is 9.98. The Balaban J connectivity index is 2.06. The molecule has 0 saturated carbocycles. The number of phenols is 1. The van der Waals surface area contributed by atoms with Crippen LogP contribution in [0, 0.1) is 3.57 Å². The Bertz CT molecular complexity index is 543. The van der Waals surface area contributed by atoms with E-state index in [4.69, 9.17) is 4.74 Å². The maximum absolute atomic E-state index is 9.51. The number of ether oxygens (including phenoxy) is 1. The third-order valence-electron chi connectivity index (χ3n) is 2.57. The molecule has 2 rings (SSSR count). The summed E-state index contributed by atoms with van der Waals surface area (Å²) in [5.74, 6) is 0.660. The molecular weight excluding hydrogens is 341 g/mol. The van der Waals surface area contributed by atoms with Gasteiger partial charge in [0.15, 0.2) is 11.5 Å². The maximum atomic E-state index is 9.51. The predicted molar refractivity (Wildman–Crippen MR) is 81.1 cm³/mol. The summed E-state index contributed by atoms with van der Waals surface area (Å²) in [4.78, 5) is 0. The number of benzene rings is 2. The number of hydrogen-bond donors (Lipinski definition) is 2. The quantitative estimate of drug-likeness (QED) is 0.824. The first kappa shape index (κ1) is 13.0. The smallest absolute Gasteiger partial charge is 0.160 e. The number of anilines is 1. The molecule has 0 aliphatic carbocycles. The highest BCUT2D eigenvalue weighted by Crippen LogP contribution is 2.26. The molecule has 0 radical (unpaired) electrons. The molecule has 0 aliphatic heterocycles. The molecule has 0 heterocycles. The number of hydrogen-bond acceptors (Lipinski definition) is 3. The number of rotatable bonds is 4. The van der Waals surface area contributed by atoms with E-state index in [9.17, 15) is 5.11 Å². The molecule has 3 nitrogen and oxygen atoms in total. The van der Waals surface area contributed by atoms with Crippen molar-refractivity contribution in [2.75, 3.05) is 12.4 Å². The van der Waals surface area contributed by atoms with Gasteiger partial charge < -0.3 is 15.2 Å². The first-order valence-electron chi connectivity index (χ1n) is 5.54. The summed E-state index contributed by atoms with van der Waals surface area (Å²) in [5.41, 5.74) is 2.14. The highest BCUT2D eigenvalue weighted by Gasteiger charge is 2.02. The molecule has 0 unspecified atom stereocenters. The van der Waals surface area contributed by atoms with Crippen molar-refractivity contribution in [2.45, 2.75) is 6.54 Å². The lowest BCUT2D eigenvalue weighted by Gasteiger charge is -2.09. The molecule has 0 amide bonds. The Hall–Kier alpha value is -1.43. The van der Waals surface area contributed by atoms with Gasteiger partial charge in [-0.25, -0.2) is 0 Å². The Morgan fingerprint density at radius 2 is 2.06 bits per heavy atom. The Morgan fingerprint density at radius 1 is 1.22 bits per heavy atom. The molecule has 18 heavy (non-hydrogen) atoms. The van der Waals surface area contributed by atoms with Crippen LogP contribution in [0.15, 0.2) is 42.5 Å². The summed E-state index contributed by atoms with van der Waals surface area (Å²) < 4.78 is 6.27. The van der Waals surface area contributed by atoms with Gasteiger partial charge in [-0.05, 0) is 58.5 Å². The van der Waals surface area contributed by atoms with E-state index >= 15 is 0 Å². The van der Waals surface area contributed by atoms with E-state index in [1.165, 1.54) is 3.57 Å². The van der Waals surface area contributed by atoms with Crippen molar-refractivity contribution in [3.63, 3.8) is 0 Å². The zero-order chi connectivity index (χ0) is 13.0. The second kappa shape index (κ2) is 5.95. The highest BCUT2D eigenvalue weighted by molar-refractivity contribution is 14.1. The Labute approximate surface area is 120 Å². The van der Waals surface area contributed by atoms with Gasteiger partial charge in [0.05, 0.1) is 7.11 Å². The summed E-state index contributed by atoms with van der Waals surface area (Å²) in [7, 11) is 1.55. The fourth-order valence-corrected chi connectivity index (χ4v) is 2.18. The van der Waals surface area contributed by atoms with Crippen molar-refractivity contribution in [2.24, 2.45) is 0 Å². The molecule has 0 saturated heterocycles. The molecule has 0 aliphatic rings. The molecule has 0 bridgehead atoms. The van der Waals surface area contributed by atoms with Crippen LogP contribution in [-0.4, -0.2) is 12.2 Å². The van der Waals surface area contributed by atoms with Crippen LogP contribution < -0.4 is 10.1 Å². The minimum Gasteiger partial charge on any atom is -0.504 e. The van der Waals surface area contributed by atoms with E-state index in [-0.39, 0.29) is 5.75 Å². The Morgan fingerprint density at radius 3 is 2.78 bits per heavy atom. The van der Waals surface area contributed by atoms with Crippen LogP contribution in [0.25, 0.3) is 0 Å². The van der Waals surface area contributed by atoms with Crippen LogP contribution in [-0.2, 0) is 6.54 Å². The van der Waals surface area contributed by atoms with Gasteiger partial charge in [-0.1, -0.05) is 12.1 Å². The van der Waals surface area contributed by atoms with Crippen molar-refractivity contribution in [1.82, 2.24) is 0 Å². The zero-order valence-corrected chi connectivity index (χ0v) is 12.1. The van der Waals surface area contributed by atoms with Crippen molar-refractivity contribution < 1.29 is 9.84 Å². The van der Waals surface area contributed by atoms with Gasteiger partial charge in [-0.3, -0.25) is 0 Å². The third-order valence-corrected chi connectivity index (χ3v) is 3.24. The van der Waals surface area contributed by atoms with Crippen LogP contribution in [0.1, 0.15) is 5.56 Å². The largest absolute Gasteiger partial charge is 0.504 e. The molecule has 0 spiro atoms. The van der Waals surface area contributed by atoms with E-state index in [1.807, 2.05) is 24.3 Å². The lowest BCUT2D eigenvalue weighted by molar-refractivity contribution is 0.373. The van der Waals surface area contributed by atoms with Crippen molar-refractivity contribution >= 4 is 28.3 Å². The van der Waals surface area contributed by atoms with Crippen LogP contribution in [0.3, 0.4) is 0 Å². The summed E-state index contributed by atoms with van der Waals surface area (Å²) in [6.45, 7) is 0.691. The number of aromatic hydroxyl groups is 1. The first-order valence-corrected chi connectivity index (χ1v) is 6.62. The number of methoxy groups -OCH3 is 1. The summed E-state index contributed by atoms with van der Waals surface area (Å²) >= 11 is 2.28. The Kier molecular flexibility index (Phi) is 4.30. The van der Waals surface area contributed by atoms with Crippen molar-refractivity contribution in [1.29, 1.82) is 0 Å². The van der Waals surface area contributed by atoms with Crippen LogP contribution in [0.5, 0.6) is 11.5 Å². The van der Waals surface area contributed by atoms with E-state index in [0.717, 1.165) is 11.3 Å². The summed E-state index contributed by atoms with van der Waals surface area (Å²) in [5, 5.41) is 12.8. The minimum absolute atomic E-state index is 0.163. The van der Waals surface area contributed by atoms with Gasteiger partial charge in [0.25, 0.3) is 0 Å². The molecule has 4 heteroatoms. The molecule has 0 atom stereocenters. The third kappa shape index (κ3) is 3.29. The average Bonchev–Trinajstić information content (AvgIpc) is 2.38. The van der Waals surface area contributed by atoms with Crippen LogP contribution >= 0.6 is 22.6 Å². The van der Waals surface area contributed by atoms with Gasteiger partial charge in [-0.15, -0.1) is 0 Å². The SMILES string of the molecule is COc1cc(CNc2cccc(I)c2)ccc1O. The maximum Gasteiger partial charge on any atom is 0.160 e. The number of nitrogens with one attached hydrogen (secondary N) is 1. The van der Waals surface area contributed by atoms with Gasteiger partial charge in [0, 0.05) is 15.8 Å². The molecular formula is C14H14INO2. The molecule has 2 N–H and O–H groups in total. The molecule has 0 aromatic heterocycles. The average molecular weight is 355 g/mol. The monoisotopic (exact) mass is 355 g/mol. The second-order valence-electron chi connectivity index (χ2n) is 3.87. The van der Waals surface area contributed by atoms with Gasteiger partial charge in [0.2, 0.25) is 0 Å². The van der Waals surface area contributed by atoms with Crippen molar-refractivity contribution in [3.8, 4) is 11.5 Å². The second-order valence-corrected chi connectivity index (χ2v) is 5.12. The predicted octanol–water partition coefficient (Wildman–Crippen LogP) is 3.62. The number of phenolic OH excluding ortho intramolecular Hbond substituents is 1. The fourth-order valence-electron chi connectivity index (χ4n) is 1.63. The van der Waals surface area contributed by atoms with E-state index < -0.39 is 0 Å². The first-order chi connectivity index (χ1) is 8.69. The van der Waals surface area contributed by atoms with Gasteiger partial charge in [-0.2, -0.15) is 0 Å². The molecule has 94 valence electrons. The van der Waals surface area contributed by atoms with E-state index in [1.54, 1.807) is 13.2 Å². The van der Waals surface area contributed by atoms with Crippen molar-refractivity contribution in [3.05, 3.63) is 51.6 Å². The van der Waals surface area contributed by atoms with Gasteiger partial charge in [0.1, 0.15) is 0 Å².